The lowest BCUT2D eigenvalue weighted by Gasteiger charge is -2.12. The summed E-state index contributed by atoms with van der Waals surface area (Å²) in [5, 5.41) is 2.45. The van der Waals surface area contributed by atoms with E-state index in [-0.39, 0.29) is 39.6 Å². The van der Waals surface area contributed by atoms with Gasteiger partial charge in [0, 0.05) is 42.0 Å². The number of alkyl halides is 5. The number of Topliss-reactive ketones (excluding diaryl/α,β-unsaturated/α-hetero) is 2. The lowest BCUT2D eigenvalue weighted by molar-refractivity contribution is -0.140. The number of hydrogen-bond donors (Lipinski definition) is 1. The van der Waals surface area contributed by atoms with Gasteiger partial charge in [0.15, 0.2) is 5.78 Å². The summed E-state index contributed by atoms with van der Waals surface area (Å²) in [4.78, 5) is 38.3. The van der Waals surface area contributed by atoms with Crippen molar-refractivity contribution in [2.75, 3.05) is 17.3 Å². The number of nitrogens with one attached hydrogen (secondary N) is 1. The maximum Gasteiger partial charge on any atom is 0.419 e. The van der Waals surface area contributed by atoms with Gasteiger partial charge in [0.05, 0.1) is 16.5 Å². The molecule has 0 radical (unpaired) electrons. The van der Waals surface area contributed by atoms with E-state index >= 15 is 4.39 Å². The molecule has 0 saturated heterocycles. The maximum absolute atomic E-state index is 15.2. The lowest BCUT2D eigenvalue weighted by Crippen LogP contribution is -2.18. The van der Waals surface area contributed by atoms with Gasteiger partial charge in [-0.25, -0.2) is 13.2 Å². The van der Waals surface area contributed by atoms with E-state index < -0.39 is 75.5 Å². The van der Waals surface area contributed by atoms with Crippen LogP contribution >= 0.6 is 46.6 Å². The fourth-order valence-electron chi connectivity index (χ4n) is 4.77. The highest BCUT2D eigenvalue weighted by atomic mass is 35.5. The van der Waals surface area contributed by atoms with Crippen LogP contribution in [-0.2, 0) is 28.6 Å². The molecule has 0 aliphatic heterocycles. The summed E-state index contributed by atoms with van der Waals surface area (Å²) in [6.07, 6.45) is -4.07. The van der Waals surface area contributed by atoms with Gasteiger partial charge >= 0.3 is 6.18 Å². The molecule has 1 saturated carbocycles. The molecule has 3 aromatic carbocycles. The van der Waals surface area contributed by atoms with Crippen molar-refractivity contribution in [2.45, 2.75) is 35.7 Å². The predicted molar refractivity (Wildman–Crippen MR) is 158 cm³/mol. The Balaban J connectivity index is 1.51. The van der Waals surface area contributed by atoms with Crippen molar-refractivity contribution < 1.29 is 40.7 Å². The van der Waals surface area contributed by atoms with E-state index in [1.807, 2.05) is 0 Å². The minimum absolute atomic E-state index is 0.0395. The molecule has 1 fully saturated rings. The third-order valence-electron chi connectivity index (χ3n) is 7.10. The number of anilines is 1. The number of amides is 1. The Hall–Kier alpha value is -2.73. The van der Waals surface area contributed by atoms with E-state index in [4.69, 9.17) is 34.8 Å². The van der Waals surface area contributed by atoms with E-state index in [0.717, 1.165) is 18.2 Å². The van der Waals surface area contributed by atoms with E-state index in [2.05, 4.69) is 5.32 Å². The molecule has 0 heterocycles. The number of carbonyl (C=O) groups is 3. The Bertz CT molecular complexity index is 1630. The zero-order chi connectivity index (χ0) is 32.6. The van der Waals surface area contributed by atoms with Gasteiger partial charge in [-0.1, -0.05) is 23.7 Å². The monoisotopic (exact) mass is 695 g/mol. The first-order chi connectivity index (χ1) is 20.6. The summed E-state index contributed by atoms with van der Waals surface area (Å²) >= 11 is 20.1. The van der Waals surface area contributed by atoms with Crippen molar-refractivity contribution in [3.8, 4) is 0 Å². The van der Waals surface area contributed by atoms with Crippen LogP contribution in [0.5, 0.6) is 0 Å². The van der Waals surface area contributed by atoms with Crippen LogP contribution in [-0.4, -0.2) is 33.8 Å². The largest absolute Gasteiger partial charge is 0.419 e. The first kappa shape index (κ1) is 34.1. The summed E-state index contributed by atoms with van der Waals surface area (Å²) in [5.74, 6) is -7.09. The minimum Gasteiger partial charge on any atom is -0.326 e. The topological polar surface area (TPSA) is 63.2 Å². The van der Waals surface area contributed by atoms with E-state index in [1.54, 1.807) is 6.26 Å². The molecule has 1 N–H and O–H groups in total. The number of carbonyl (C=O) groups excluding carboxylic acids is 3. The summed E-state index contributed by atoms with van der Waals surface area (Å²) < 4.78 is 81.0. The van der Waals surface area contributed by atoms with Gasteiger partial charge < -0.3 is 5.32 Å². The molecule has 44 heavy (non-hydrogen) atoms. The summed E-state index contributed by atoms with van der Waals surface area (Å²) in [5.41, 5.74) is -2.30. The van der Waals surface area contributed by atoms with Crippen molar-refractivity contribution in [2.24, 2.45) is 5.92 Å². The van der Waals surface area contributed by atoms with Gasteiger partial charge in [-0.15, -0.1) is 23.2 Å². The molecule has 2 atom stereocenters. The highest BCUT2D eigenvalue weighted by molar-refractivity contribution is 7.98. The molecule has 14 heteroatoms. The number of ketones is 2. The number of benzene rings is 3. The molecule has 4 nitrogen and oxygen atoms in total. The van der Waals surface area contributed by atoms with Crippen molar-refractivity contribution in [1.29, 1.82) is 0 Å². The number of halogens is 9. The Morgan fingerprint density at radius 1 is 0.955 bits per heavy atom. The molecule has 1 amide bonds. The van der Waals surface area contributed by atoms with Gasteiger partial charge in [0.1, 0.15) is 27.6 Å². The molecule has 4 rings (SSSR count). The smallest absolute Gasteiger partial charge is 0.326 e. The Kier molecular flexibility index (Phi) is 10.3. The third-order valence-corrected chi connectivity index (χ3v) is 8.98. The first-order valence-electron chi connectivity index (χ1n) is 12.9. The van der Waals surface area contributed by atoms with E-state index in [0.29, 0.717) is 17.9 Å². The van der Waals surface area contributed by atoms with Crippen LogP contribution in [0.3, 0.4) is 0 Å². The average Bonchev–Trinajstić information content (AvgIpc) is 3.53. The normalized spacial score (nSPS) is 17.3. The maximum atomic E-state index is 15.2. The van der Waals surface area contributed by atoms with E-state index in [9.17, 15) is 36.3 Å². The highest BCUT2D eigenvalue weighted by Gasteiger charge is 2.67. The summed E-state index contributed by atoms with van der Waals surface area (Å²) in [7, 11) is 0. The molecule has 0 bridgehead atoms. The third kappa shape index (κ3) is 7.38. The quantitative estimate of drug-likeness (QED) is 0.124. The van der Waals surface area contributed by atoms with Crippen LogP contribution in [0.1, 0.15) is 45.0 Å². The Morgan fingerprint density at radius 2 is 1.64 bits per heavy atom. The summed E-state index contributed by atoms with van der Waals surface area (Å²) in [6, 6.07) is 8.11. The molecule has 1 aliphatic carbocycles. The van der Waals surface area contributed by atoms with Crippen LogP contribution in [0, 0.1) is 23.4 Å². The minimum atomic E-state index is -4.98. The van der Waals surface area contributed by atoms with Gasteiger partial charge in [-0.3, -0.25) is 14.4 Å². The second-order valence-corrected chi connectivity index (χ2v) is 12.9. The van der Waals surface area contributed by atoms with Crippen LogP contribution in [0.2, 0.25) is 5.02 Å². The van der Waals surface area contributed by atoms with Crippen LogP contribution in [0.4, 0.5) is 32.0 Å². The number of rotatable bonds is 11. The molecule has 3 aromatic rings. The fraction of sp³-hybridized carbons (Fsp3) is 0.300. The second kappa shape index (κ2) is 13.3. The molecular weight excluding hydrogens is 675 g/mol. The molecular formula is C30H22Cl3F6NO3S. The van der Waals surface area contributed by atoms with Crippen LogP contribution in [0.25, 0.3) is 0 Å². The average molecular weight is 697 g/mol. The van der Waals surface area contributed by atoms with Crippen LogP contribution in [0.15, 0.2) is 48.5 Å². The van der Waals surface area contributed by atoms with Crippen LogP contribution < -0.4 is 5.32 Å². The van der Waals surface area contributed by atoms with Gasteiger partial charge in [0.2, 0.25) is 5.91 Å². The Morgan fingerprint density at radius 3 is 2.30 bits per heavy atom. The van der Waals surface area contributed by atoms with Gasteiger partial charge in [-0.2, -0.15) is 24.9 Å². The van der Waals surface area contributed by atoms with E-state index in [1.165, 1.54) is 30.0 Å². The molecule has 234 valence electrons. The second-order valence-electron chi connectivity index (χ2n) is 10.1. The molecule has 0 unspecified atom stereocenters. The molecule has 0 aromatic heterocycles. The molecule has 1 aliphatic rings. The number of thioether (sulfide) groups is 1. The van der Waals surface area contributed by atoms with Gasteiger partial charge in [-0.05, 0) is 59.5 Å². The van der Waals surface area contributed by atoms with Crippen molar-refractivity contribution in [3.63, 3.8) is 0 Å². The zero-order valence-corrected chi connectivity index (χ0v) is 25.7. The fourth-order valence-corrected chi connectivity index (χ4v) is 6.26. The molecule has 0 spiro atoms. The first-order valence-corrected chi connectivity index (χ1v) is 15.4. The predicted octanol–water partition coefficient (Wildman–Crippen LogP) is 8.59. The number of hydrogen-bond acceptors (Lipinski definition) is 4. The standard InChI is InChI=1S/C30H22Cl3F6NO3S/c1-44-9-8-17(41)13-19-22(34)6-3-15(27(19)36)11-24(42)18-12-16(4-5-21(18)31)40-28(43)26-25(29(26,32)33)14-2-7-23(35)20(10-14)30(37,38)39/h2-7,10,12,25-26H,8-9,11,13H2,1H3,(H,40,43)/t25-,26+/m0/s1. The Labute approximate surface area is 267 Å². The van der Waals surface area contributed by atoms with Gasteiger partial charge in [0.25, 0.3) is 0 Å². The lowest BCUT2D eigenvalue weighted by atomic mass is 9.97. The van der Waals surface area contributed by atoms with Crippen molar-refractivity contribution in [3.05, 3.63) is 98.8 Å². The SMILES string of the molecule is CSCCC(=O)Cc1c(F)ccc(CC(=O)c2cc(NC(=O)[C@H]3[C@H](c4ccc(F)c(C(F)(F)F)c4)C3(Cl)Cl)ccc2Cl)c1F. The summed E-state index contributed by atoms with van der Waals surface area (Å²) in [6.45, 7) is 0. The van der Waals surface area contributed by atoms with Crippen molar-refractivity contribution >= 4 is 69.7 Å². The highest BCUT2D eigenvalue weighted by Crippen LogP contribution is 2.65. The zero-order valence-electron chi connectivity index (χ0n) is 22.6. The van der Waals surface area contributed by atoms with Crippen molar-refractivity contribution in [1.82, 2.24) is 0 Å².